The maximum Gasteiger partial charge on any atom is 0.0991 e. The summed E-state index contributed by atoms with van der Waals surface area (Å²) in [4.78, 5) is 0. The summed E-state index contributed by atoms with van der Waals surface area (Å²) in [6.07, 6.45) is 1.27. The van der Waals surface area contributed by atoms with Crippen LogP contribution in [0.1, 0.15) is 12.0 Å². The number of nitrogens with one attached hydrogen (secondary N) is 1. The predicted molar refractivity (Wildman–Crippen MR) is 81.8 cm³/mol. The van der Waals surface area contributed by atoms with Gasteiger partial charge >= 0.3 is 0 Å². The van der Waals surface area contributed by atoms with Gasteiger partial charge in [-0.1, -0.05) is 28.1 Å². The Morgan fingerprint density at radius 3 is 2.60 bits per heavy atom. The number of hydrogen-bond donors (Lipinski definition) is 1. The number of halogens is 1. The Kier molecular flexibility index (Phi) is 6.45. The molecule has 0 radical (unpaired) electrons. The molecule has 1 aliphatic rings. The SMILES string of the molecule is CNC1CC(OCc2ccc(Br)cc2)C1OCCOC. The largest absolute Gasteiger partial charge is 0.382 e. The molecule has 0 amide bonds. The van der Waals surface area contributed by atoms with Crippen LogP contribution in [0.5, 0.6) is 0 Å². The molecular formula is C15H22BrNO3. The quantitative estimate of drug-likeness (QED) is 0.735. The molecule has 0 aliphatic heterocycles. The second-order valence-corrected chi connectivity index (χ2v) is 5.85. The molecule has 1 saturated carbocycles. The number of hydrogen-bond acceptors (Lipinski definition) is 4. The van der Waals surface area contributed by atoms with Gasteiger partial charge in [0.1, 0.15) is 0 Å². The summed E-state index contributed by atoms with van der Waals surface area (Å²) < 4.78 is 17.9. The number of methoxy groups -OCH3 is 1. The Labute approximate surface area is 128 Å². The van der Waals surface area contributed by atoms with Gasteiger partial charge in [-0.25, -0.2) is 0 Å². The zero-order valence-electron chi connectivity index (χ0n) is 12.0. The van der Waals surface area contributed by atoms with E-state index in [1.165, 1.54) is 5.56 Å². The summed E-state index contributed by atoms with van der Waals surface area (Å²) in [5.74, 6) is 0. The number of rotatable bonds is 8. The van der Waals surface area contributed by atoms with Crippen molar-refractivity contribution in [2.75, 3.05) is 27.4 Å². The van der Waals surface area contributed by atoms with Gasteiger partial charge in [0.05, 0.1) is 32.0 Å². The van der Waals surface area contributed by atoms with Crippen molar-refractivity contribution in [2.24, 2.45) is 0 Å². The average molecular weight is 344 g/mol. The van der Waals surface area contributed by atoms with E-state index >= 15 is 0 Å². The fraction of sp³-hybridized carbons (Fsp3) is 0.600. The van der Waals surface area contributed by atoms with Gasteiger partial charge in [-0.15, -0.1) is 0 Å². The average Bonchev–Trinajstić information content (AvgIpc) is 2.44. The van der Waals surface area contributed by atoms with Gasteiger partial charge < -0.3 is 19.5 Å². The molecule has 4 nitrogen and oxygen atoms in total. The lowest BCUT2D eigenvalue weighted by Crippen LogP contribution is -2.59. The predicted octanol–water partition coefficient (Wildman–Crippen LogP) is 2.36. The Bertz CT molecular complexity index is 399. The van der Waals surface area contributed by atoms with Crippen LogP contribution in [0.3, 0.4) is 0 Å². The van der Waals surface area contributed by atoms with E-state index in [0.29, 0.717) is 25.9 Å². The van der Waals surface area contributed by atoms with E-state index in [-0.39, 0.29) is 12.2 Å². The van der Waals surface area contributed by atoms with Crippen molar-refractivity contribution < 1.29 is 14.2 Å². The van der Waals surface area contributed by atoms with Crippen molar-refractivity contribution in [3.63, 3.8) is 0 Å². The monoisotopic (exact) mass is 343 g/mol. The molecule has 0 heterocycles. The van der Waals surface area contributed by atoms with Crippen molar-refractivity contribution in [3.8, 4) is 0 Å². The molecule has 112 valence electrons. The summed E-state index contributed by atoms with van der Waals surface area (Å²) in [6, 6.07) is 8.57. The Hall–Kier alpha value is -0.460. The van der Waals surface area contributed by atoms with Gasteiger partial charge in [-0.2, -0.15) is 0 Å². The van der Waals surface area contributed by atoms with E-state index in [1.54, 1.807) is 7.11 Å². The van der Waals surface area contributed by atoms with E-state index in [0.717, 1.165) is 10.9 Å². The van der Waals surface area contributed by atoms with Gasteiger partial charge in [-0.3, -0.25) is 0 Å². The standard InChI is InChI=1S/C15H22BrNO3/c1-17-13-9-14(15(13)19-8-7-18-2)20-10-11-3-5-12(16)6-4-11/h3-6,13-15,17H,7-10H2,1-2H3. The lowest BCUT2D eigenvalue weighted by Gasteiger charge is -2.43. The van der Waals surface area contributed by atoms with Gasteiger partial charge in [-0.05, 0) is 31.2 Å². The van der Waals surface area contributed by atoms with Crippen LogP contribution in [0.4, 0.5) is 0 Å². The van der Waals surface area contributed by atoms with Crippen LogP contribution in [0, 0.1) is 0 Å². The zero-order chi connectivity index (χ0) is 14.4. The fourth-order valence-corrected chi connectivity index (χ4v) is 2.57. The third-order valence-corrected chi connectivity index (χ3v) is 4.12. The molecule has 5 heteroatoms. The van der Waals surface area contributed by atoms with Crippen LogP contribution in [-0.4, -0.2) is 45.6 Å². The van der Waals surface area contributed by atoms with Crippen LogP contribution in [0.25, 0.3) is 0 Å². The number of benzene rings is 1. The Morgan fingerprint density at radius 1 is 1.20 bits per heavy atom. The highest BCUT2D eigenvalue weighted by Crippen LogP contribution is 2.28. The molecule has 1 aromatic rings. The second kappa shape index (κ2) is 8.10. The summed E-state index contributed by atoms with van der Waals surface area (Å²) >= 11 is 3.43. The summed E-state index contributed by atoms with van der Waals surface area (Å²) in [6.45, 7) is 1.85. The molecule has 0 aromatic heterocycles. The number of ether oxygens (including phenoxy) is 3. The topological polar surface area (TPSA) is 39.7 Å². The van der Waals surface area contributed by atoms with Crippen LogP contribution < -0.4 is 5.32 Å². The lowest BCUT2D eigenvalue weighted by atomic mass is 9.85. The minimum Gasteiger partial charge on any atom is -0.382 e. The first-order valence-corrected chi connectivity index (χ1v) is 7.67. The molecule has 20 heavy (non-hydrogen) atoms. The fourth-order valence-electron chi connectivity index (χ4n) is 2.30. The molecule has 1 aliphatic carbocycles. The maximum atomic E-state index is 5.96. The second-order valence-electron chi connectivity index (χ2n) is 4.93. The molecule has 0 saturated heterocycles. The molecule has 1 fully saturated rings. The first-order valence-electron chi connectivity index (χ1n) is 6.88. The van der Waals surface area contributed by atoms with E-state index in [4.69, 9.17) is 14.2 Å². The van der Waals surface area contributed by atoms with Crippen molar-refractivity contribution in [1.82, 2.24) is 5.32 Å². The molecule has 3 unspecified atom stereocenters. The smallest absolute Gasteiger partial charge is 0.0991 e. The summed E-state index contributed by atoms with van der Waals surface area (Å²) in [7, 11) is 3.64. The molecule has 0 spiro atoms. The maximum absolute atomic E-state index is 5.96. The first-order chi connectivity index (χ1) is 9.74. The third-order valence-electron chi connectivity index (χ3n) is 3.60. The third kappa shape index (κ3) is 4.27. The van der Waals surface area contributed by atoms with Crippen LogP contribution >= 0.6 is 15.9 Å². The van der Waals surface area contributed by atoms with Crippen molar-refractivity contribution in [2.45, 2.75) is 31.3 Å². The highest BCUT2D eigenvalue weighted by molar-refractivity contribution is 9.10. The van der Waals surface area contributed by atoms with E-state index in [2.05, 4.69) is 33.4 Å². The molecule has 1 N–H and O–H groups in total. The van der Waals surface area contributed by atoms with Crippen LogP contribution in [-0.2, 0) is 20.8 Å². The molecule has 0 bridgehead atoms. The summed E-state index contributed by atoms with van der Waals surface area (Å²) in [5.41, 5.74) is 1.18. The summed E-state index contributed by atoms with van der Waals surface area (Å²) in [5, 5.41) is 3.26. The molecule has 3 atom stereocenters. The highest BCUT2D eigenvalue weighted by atomic mass is 79.9. The van der Waals surface area contributed by atoms with Crippen molar-refractivity contribution >= 4 is 15.9 Å². The zero-order valence-corrected chi connectivity index (χ0v) is 13.6. The van der Waals surface area contributed by atoms with Gasteiger partial charge in [0.25, 0.3) is 0 Å². The minimum atomic E-state index is 0.116. The van der Waals surface area contributed by atoms with E-state index in [1.807, 2.05) is 19.2 Å². The Balaban J connectivity index is 1.78. The van der Waals surface area contributed by atoms with Gasteiger partial charge in [0.15, 0.2) is 0 Å². The molecular weight excluding hydrogens is 322 g/mol. The molecule has 1 aromatic carbocycles. The van der Waals surface area contributed by atoms with E-state index < -0.39 is 0 Å². The van der Waals surface area contributed by atoms with Gasteiger partial charge in [0, 0.05) is 17.6 Å². The Morgan fingerprint density at radius 2 is 1.95 bits per heavy atom. The number of likely N-dealkylation sites (N-methyl/N-ethyl adjacent to an activating group) is 1. The van der Waals surface area contributed by atoms with E-state index in [9.17, 15) is 0 Å². The normalized spacial score (nSPS) is 25.4. The minimum absolute atomic E-state index is 0.116. The van der Waals surface area contributed by atoms with Crippen LogP contribution in [0.2, 0.25) is 0 Å². The van der Waals surface area contributed by atoms with Gasteiger partial charge in [0.2, 0.25) is 0 Å². The highest BCUT2D eigenvalue weighted by Gasteiger charge is 2.41. The van der Waals surface area contributed by atoms with Crippen LogP contribution in [0.15, 0.2) is 28.7 Å². The first kappa shape index (κ1) is 15.9. The lowest BCUT2D eigenvalue weighted by molar-refractivity contribution is -0.155. The molecule has 2 rings (SSSR count). The van der Waals surface area contributed by atoms with Crippen molar-refractivity contribution in [3.05, 3.63) is 34.3 Å². The van der Waals surface area contributed by atoms with Crippen molar-refractivity contribution in [1.29, 1.82) is 0 Å².